The summed E-state index contributed by atoms with van der Waals surface area (Å²) in [7, 11) is 0. The first-order chi connectivity index (χ1) is 16.0. The van der Waals surface area contributed by atoms with E-state index in [-0.39, 0.29) is 17.7 Å². The third-order valence-electron chi connectivity index (χ3n) is 4.98. The third kappa shape index (κ3) is 5.37. The molecule has 2 aliphatic heterocycles. The van der Waals surface area contributed by atoms with Gasteiger partial charge >= 0.3 is 17.9 Å². The van der Waals surface area contributed by atoms with Crippen molar-refractivity contribution in [3.8, 4) is 0 Å². The van der Waals surface area contributed by atoms with Gasteiger partial charge in [0, 0.05) is 20.8 Å². The first-order valence-corrected chi connectivity index (χ1v) is 11.0. The van der Waals surface area contributed by atoms with Gasteiger partial charge in [-0.2, -0.15) is 0 Å². The van der Waals surface area contributed by atoms with Gasteiger partial charge in [-0.1, -0.05) is 23.9 Å². The lowest BCUT2D eigenvalue weighted by Gasteiger charge is -2.44. The van der Waals surface area contributed by atoms with Gasteiger partial charge < -0.3 is 24.7 Å². The highest BCUT2D eigenvalue weighted by molar-refractivity contribution is 8.14. The summed E-state index contributed by atoms with van der Waals surface area (Å²) in [5.41, 5.74) is 4.74. The molecule has 2 heterocycles. The molecule has 0 bridgehead atoms. The number of benzene rings is 1. The van der Waals surface area contributed by atoms with Crippen LogP contribution in [0, 0.1) is 5.41 Å². The van der Waals surface area contributed by atoms with Gasteiger partial charge in [-0.05, 0) is 12.1 Å². The number of hydrogen-bond donors (Lipinski definition) is 2. The molecule has 1 saturated heterocycles. The molecular weight excluding hydrogens is 470 g/mol. The molecule has 0 aliphatic carbocycles. The topological polar surface area (TPSA) is 175 Å². The fraction of sp³-hybridized carbons (Fsp3) is 0.429. The standard InChI is InChI=1S/C21H23N3O9S/c1-9(25)30-15-14(8-24-18(28)12-6-4-5-7-13(12)19(24)29)33-20(34-21(22)23)17(32-11(3)27)16(15)31-10(2)26/h4-7,14-17,20H,8H2,1-3H3,(H3,22,23)/t14-,15+,16+,17-,20+/m1/s1. The van der Waals surface area contributed by atoms with Gasteiger partial charge in [-0.15, -0.1) is 0 Å². The van der Waals surface area contributed by atoms with Gasteiger partial charge in [0.25, 0.3) is 11.8 Å². The Labute approximate surface area is 198 Å². The Balaban J connectivity index is 1.99. The Morgan fingerprint density at radius 2 is 1.41 bits per heavy atom. The molecule has 0 radical (unpaired) electrons. The van der Waals surface area contributed by atoms with E-state index in [9.17, 15) is 24.0 Å². The molecule has 0 saturated carbocycles. The lowest BCUT2D eigenvalue weighted by Crippen LogP contribution is -2.63. The van der Waals surface area contributed by atoms with Gasteiger partial charge in [-0.25, -0.2) is 0 Å². The number of ether oxygens (including phenoxy) is 4. The Morgan fingerprint density at radius 3 is 1.88 bits per heavy atom. The summed E-state index contributed by atoms with van der Waals surface area (Å²) in [6.45, 7) is 2.97. The molecule has 2 amide bonds. The molecule has 2 aliphatic rings. The van der Waals surface area contributed by atoms with Crippen LogP contribution in [0.15, 0.2) is 24.3 Å². The lowest BCUT2D eigenvalue weighted by molar-refractivity contribution is -0.232. The molecule has 3 rings (SSSR count). The fourth-order valence-corrected chi connectivity index (χ4v) is 4.60. The minimum Gasteiger partial charge on any atom is -0.456 e. The van der Waals surface area contributed by atoms with E-state index >= 15 is 0 Å². The maximum atomic E-state index is 12.9. The number of hydrogen-bond acceptors (Lipinski definition) is 11. The number of nitrogens with zero attached hydrogens (tertiary/aromatic N) is 1. The zero-order valence-electron chi connectivity index (χ0n) is 18.5. The molecule has 182 valence electrons. The number of amides is 2. The van der Waals surface area contributed by atoms with Gasteiger partial charge in [0.1, 0.15) is 6.10 Å². The van der Waals surface area contributed by atoms with Crippen molar-refractivity contribution in [2.24, 2.45) is 5.73 Å². The number of imide groups is 1. The number of carbonyl (C=O) groups excluding carboxylic acids is 5. The van der Waals surface area contributed by atoms with Crippen molar-refractivity contribution in [2.75, 3.05) is 6.54 Å². The maximum absolute atomic E-state index is 12.9. The minimum atomic E-state index is -1.36. The summed E-state index contributed by atoms with van der Waals surface area (Å²) in [5.74, 6) is -3.44. The number of thioether (sulfide) groups is 1. The van der Waals surface area contributed by atoms with Crippen LogP contribution >= 0.6 is 11.8 Å². The molecular formula is C21H23N3O9S. The summed E-state index contributed by atoms with van der Waals surface area (Å²) in [4.78, 5) is 62.2. The first-order valence-electron chi connectivity index (χ1n) is 10.1. The minimum absolute atomic E-state index is 0.205. The van der Waals surface area contributed by atoms with Crippen LogP contribution in [0.1, 0.15) is 41.5 Å². The number of amidine groups is 1. The Kier molecular flexibility index (Phi) is 7.57. The predicted molar refractivity (Wildman–Crippen MR) is 117 cm³/mol. The van der Waals surface area contributed by atoms with E-state index in [1.54, 1.807) is 12.1 Å². The Bertz CT molecular complexity index is 1010. The van der Waals surface area contributed by atoms with Crippen LogP contribution in [-0.4, -0.2) is 76.2 Å². The highest BCUT2D eigenvalue weighted by atomic mass is 32.2. The average molecular weight is 493 g/mol. The van der Waals surface area contributed by atoms with E-state index < -0.39 is 64.7 Å². The van der Waals surface area contributed by atoms with Crippen LogP contribution in [0.25, 0.3) is 0 Å². The van der Waals surface area contributed by atoms with Crippen molar-refractivity contribution < 1.29 is 42.9 Å². The molecule has 1 aromatic carbocycles. The number of nitrogens with one attached hydrogen (secondary N) is 1. The number of rotatable bonds is 6. The summed E-state index contributed by atoms with van der Waals surface area (Å²) in [5, 5.41) is 7.23. The monoisotopic (exact) mass is 493 g/mol. The molecule has 12 nitrogen and oxygen atoms in total. The third-order valence-corrected chi connectivity index (χ3v) is 5.85. The summed E-state index contributed by atoms with van der Waals surface area (Å²) in [6, 6.07) is 6.25. The lowest BCUT2D eigenvalue weighted by atomic mass is 9.98. The van der Waals surface area contributed by atoms with Gasteiger partial charge in [0.2, 0.25) is 0 Å². The molecule has 0 spiro atoms. The normalized spacial score (nSPS) is 26.0. The van der Waals surface area contributed by atoms with E-state index in [0.29, 0.717) is 11.8 Å². The largest absolute Gasteiger partial charge is 0.456 e. The van der Waals surface area contributed by atoms with E-state index in [1.807, 2.05) is 0 Å². The molecule has 3 N–H and O–H groups in total. The second-order valence-electron chi connectivity index (χ2n) is 7.51. The summed E-state index contributed by atoms with van der Waals surface area (Å²) >= 11 is 0.669. The molecule has 0 unspecified atom stereocenters. The number of carbonyl (C=O) groups is 5. The smallest absolute Gasteiger partial charge is 0.303 e. The summed E-state index contributed by atoms with van der Waals surface area (Å²) < 4.78 is 22.0. The van der Waals surface area contributed by atoms with Crippen LogP contribution in [0.4, 0.5) is 0 Å². The molecule has 1 aromatic rings. The molecule has 13 heteroatoms. The highest BCUT2D eigenvalue weighted by Crippen LogP contribution is 2.35. The predicted octanol–water partition coefficient (Wildman–Crippen LogP) is 0.429. The number of nitrogens with two attached hydrogens (primary N) is 1. The van der Waals surface area contributed by atoms with Crippen molar-refractivity contribution in [3.05, 3.63) is 35.4 Å². The Hall–Kier alpha value is -3.45. The number of esters is 3. The summed E-state index contributed by atoms with van der Waals surface area (Å²) in [6.07, 6.45) is -5.22. The zero-order chi connectivity index (χ0) is 25.2. The molecule has 0 aromatic heterocycles. The quantitative estimate of drug-likeness (QED) is 0.185. The highest BCUT2D eigenvalue weighted by Gasteiger charge is 2.53. The SMILES string of the molecule is CC(=O)O[C@H]1[C@@H](OC(C)=O)[C@@H](CN2C(=O)c3ccccc3C2=O)O[C@@H](SC(=N)N)[C@@H]1OC(C)=O. The van der Waals surface area contributed by atoms with Crippen molar-refractivity contribution in [2.45, 2.75) is 50.6 Å². The van der Waals surface area contributed by atoms with Crippen molar-refractivity contribution in [3.63, 3.8) is 0 Å². The first kappa shape index (κ1) is 25.2. The van der Waals surface area contributed by atoms with E-state index in [2.05, 4.69) is 0 Å². The molecule has 5 atom stereocenters. The van der Waals surface area contributed by atoms with E-state index in [0.717, 1.165) is 25.7 Å². The second-order valence-corrected chi connectivity index (χ2v) is 8.65. The van der Waals surface area contributed by atoms with Crippen molar-refractivity contribution in [1.82, 2.24) is 4.90 Å². The van der Waals surface area contributed by atoms with Crippen LogP contribution < -0.4 is 5.73 Å². The van der Waals surface area contributed by atoms with Gasteiger partial charge in [0.15, 0.2) is 28.9 Å². The average Bonchev–Trinajstić information content (AvgIpc) is 2.97. The fourth-order valence-electron chi connectivity index (χ4n) is 3.81. The van der Waals surface area contributed by atoms with Crippen LogP contribution in [-0.2, 0) is 33.3 Å². The van der Waals surface area contributed by atoms with Crippen molar-refractivity contribution in [1.29, 1.82) is 5.41 Å². The zero-order valence-corrected chi connectivity index (χ0v) is 19.3. The van der Waals surface area contributed by atoms with Crippen LogP contribution in [0.2, 0.25) is 0 Å². The second kappa shape index (κ2) is 10.2. The van der Waals surface area contributed by atoms with E-state index in [1.165, 1.54) is 12.1 Å². The maximum Gasteiger partial charge on any atom is 0.303 e. The molecule has 1 fully saturated rings. The number of fused-ring (bicyclic) bond motifs is 1. The van der Waals surface area contributed by atoms with E-state index in [4.69, 9.17) is 30.1 Å². The van der Waals surface area contributed by atoms with Crippen LogP contribution in [0.3, 0.4) is 0 Å². The van der Waals surface area contributed by atoms with Crippen LogP contribution in [0.5, 0.6) is 0 Å². The van der Waals surface area contributed by atoms with Gasteiger partial charge in [-0.3, -0.25) is 34.3 Å². The molecule has 34 heavy (non-hydrogen) atoms. The Morgan fingerprint density at radius 1 is 0.941 bits per heavy atom. The van der Waals surface area contributed by atoms with Crippen molar-refractivity contribution >= 4 is 46.7 Å². The van der Waals surface area contributed by atoms with Gasteiger partial charge in [0.05, 0.1) is 17.7 Å².